The van der Waals surface area contributed by atoms with Crippen molar-refractivity contribution in [2.45, 2.75) is 52.5 Å². The largest absolute Gasteiger partial charge is 0.355 e. The molecule has 16 heavy (non-hydrogen) atoms. The van der Waals surface area contributed by atoms with E-state index in [-0.39, 0.29) is 0 Å². The molecule has 3 nitrogen and oxygen atoms in total. The second-order valence-electron chi connectivity index (χ2n) is 4.91. The van der Waals surface area contributed by atoms with E-state index in [0.29, 0.717) is 6.04 Å². The minimum Gasteiger partial charge on any atom is -0.355 e. The zero-order valence-electron chi connectivity index (χ0n) is 10.7. The monoisotopic (exact) mass is 221 g/mol. The Morgan fingerprint density at radius 3 is 2.69 bits per heavy atom. The standard InChI is InChI=1S/C13H23N3/c1-4-11(5-2)8-14-13-15-10(3)9-16(13)12-6-7-12/h9,11-12H,4-8H2,1-3H3,(H,14,15). The van der Waals surface area contributed by atoms with Crippen LogP contribution in [-0.4, -0.2) is 16.1 Å². The summed E-state index contributed by atoms with van der Waals surface area (Å²) in [5.74, 6) is 1.84. The maximum Gasteiger partial charge on any atom is 0.203 e. The minimum atomic E-state index is 0.713. The number of nitrogens with one attached hydrogen (secondary N) is 1. The Morgan fingerprint density at radius 2 is 2.12 bits per heavy atom. The lowest BCUT2D eigenvalue weighted by atomic mass is 10.0. The fourth-order valence-corrected chi connectivity index (χ4v) is 2.09. The van der Waals surface area contributed by atoms with E-state index in [0.717, 1.165) is 24.1 Å². The Morgan fingerprint density at radius 1 is 1.44 bits per heavy atom. The van der Waals surface area contributed by atoms with Crippen LogP contribution >= 0.6 is 0 Å². The van der Waals surface area contributed by atoms with Crippen molar-refractivity contribution in [3.05, 3.63) is 11.9 Å². The Labute approximate surface area is 98.3 Å². The number of hydrogen-bond donors (Lipinski definition) is 1. The lowest BCUT2D eigenvalue weighted by Crippen LogP contribution is -2.15. The van der Waals surface area contributed by atoms with Gasteiger partial charge in [0.25, 0.3) is 0 Å². The van der Waals surface area contributed by atoms with Crippen LogP contribution in [0.3, 0.4) is 0 Å². The summed E-state index contributed by atoms with van der Waals surface area (Å²) in [5.41, 5.74) is 1.12. The van der Waals surface area contributed by atoms with Crippen LogP contribution < -0.4 is 5.32 Å². The van der Waals surface area contributed by atoms with Crippen LogP contribution in [0.1, 0.15) is 51.3 Å². The molecule has 0 saturated heterocycles. The first-order valence-electron chi connectivity index (χ1n) is 6.53. The van der Waals surface area contributed by atoms with Crippen LogP contribution in [0.25, 0.3) is 0 Å². The van der Waals surface area contributed by atoms with Crippen molar-refractivity contribution in [1.29, 1.82) is 0 Å². The van der Waals surface area contributed by atoms with E-state index >= 15 is 0 Å². The predicted octanol–water partition coefficient (Wildman–Crippen LogP) is 3.37. The molecule has 1 fully saturated rings. The van der Waals surface area contributed by atoms with Crippen LogP contribution in [0.4, 0.5) is 5.95 Å². The summed E-state index contributed by atoms with van der Waals surface area (Å²) < 4.78 is 2.32. The number of anilines is 1. The van der Waals surface area contributed by atoms with Gasteiger partial charge in [-0.2, -0.15) is 0 Å². The van der Waals surface area contributed by atoms with E-state index < -0.39 is 0 Å². The molecule has 0 amide bonds. The van der Waals surface area contributed by atoms with Gasteiger partial charge in [0.15, 0.2) is 0 Å². The van der Waals surface area contributed by atoms with Crippen molar-refractivity contribution in [2.24, 2.45) is 5.92 Å². The molecule has 0 atom stereocenters. The summed E-state index contributed by atoms with van der Waals surface area (Å²) in [5, 5.41) is 3.51. The summed E-state index contributed by atoms with van der Waals surface area (Å²) in [6.45, 7) is 7.64. The van der Waals surface area contributed by atoms with Crippen molar-refractivity contribution in [3.8, 4) is 0 Å². The van der Waals surface area contributed by atoms with Crippen molar-refractivity contribution in [2.75, 3.05) is 11.9 Å². The van der Waals surface area contributed by atoms with Gasteiger partial charge in [-0.3, -0.25) is 0 Å². The van der Waals surface area contributed by atoms with Crippen molar-refractivity contribution in [3.63, 3.8) is 0 Å². The molecule has 1 N–H and O–H groups in total. The number of aryl methyl sites for hydroxylation is 1. The molecule has 1 aromatic rings. The minimum absolute atomic E-state index is 0.713. The highest BCUT2D eigenvalue weighted by Crippen LogP contribution is 2.37. The van der Waals surface area contributed by atoms with Crippen LogP contribution in [0, 0.1) is 12.8 Å². The number of hydrogen-bond acceptors (Lipinski definition) is 2. The Balaban J connectivity index is 1.97. The zero-order valence-corrected chi connectivity index (χ0v) is 10.7. The van der Waals surface area contributed by atoms with E-state index in [2.05, 4.69) is 41.8 Å². The summed E-state index contributed by atoms with van der Waals surface area (Å²) in [6, 6.07) is 0.713. The fraction of sp³-hybridized carbons (Fsp3) is 0.769. The topological polar surface area (TPSA) is 29.9 Å². The first kappa shape index (κ1) is 11.5. The first-order chi connectivity index (χ1) is 7.74. The summed E-state index contributed by atoms with van der Waals surface area (Å²) in [4.78, 5) is 4.56. The molecule has 0 spiro atoms. The SMILES string of the molecule is CCC(CC)CNc1nc(C)cn1C1CC1. The third-order valence-corrected chi connectivity index (χ3v) is 3.50. The highest BCUT2D eigenvalue weighted by Gasteiger charge is 2.26. The highest BCUT2D eigenvalue weighted by molar-refractivity contribution is 5.30. The molecule has 0 unspecified atom stereocenters. The van der Waals surface area contributed by atoms with Gasteiger partial charge in [-0.15, -0.1) is 0 Å². The highest BCUT2D eigenvalue weighted by atomic mass is 15.2. The predicted molar refractivity (Wildman–Crippen MR) is 67.8 cm³/mol. The van der Waals surface area contributed by atoms with Gasteiger partial charge in [-0.05, 0) is 25.7 Å². The van der Waals surface area contributed by atoms with E-state index in [4.69, 9.17) is 0 Å². The molecule has 0 bridgehead atoms. The average molecular weight is 221 g/mol. The van der Waals surface area contributed by atoms with E-state index in [1.165, 1.54) is 25.7 Å². The van der Waals surface area contributed by atoms with Gasteiger partial charge >= 0.3 is 0 Å². The second kappa shape index (κ2) is 4.89. The quantitative estimate of drug-likeness (QED) is 0.798. The molecule has 1 heterocycles. The van der Waals surface area contributed by atoms with E-state index in [1.807, 2.05) is 0 Å². The lowest BCUT2D eigenvalue weighted by molar-refractivity contribution is 0.516. The number of imidazole rings is 1. The van der Waals surface area contributed by atoms with Gasteiger partial charge in [0.1, 0.15) is 0 Å². The van der Waals surface area contributed by atoms with Gasteiger partial charge in [0, 0.05) is 18.8 Å². The van der Waals surface area contributed by atoms with Crippen molar-refractivity contribution >= 4 is 5.95 Å². The first-order valence-corrected chi connectivity index (χ1v) is 6.53. The van der Waals surface area contributed by atoms with Gasteiger partial charge in [-0.25, -0.2) is 4.98 Å². The lowest BCUT2D eigenvalue weighted by Gasteiger charge is -2.14. The Hall–Kier alpha value is -0.990. The average Bonchev–Trinajstić information content (AvgIpc) is 3.05. The third kappa shape index (κ3) is 2.57. The number of nitrogens with zero attached hydrogens (tertiary/aromatic N) is 2. The second-order valence-corrected chi connectivity index (χ2v) is 4.91. The fourth-order valence-electron chi connectivity index (χ4n) is 2.09. The van der Waals surface area contributed by atoms with Gasteiger partial charge in [0.2, 0.25) is 5.95 Å². The molecule has 0 radical (unpaired) electrons. The maximum absolute atomic E-state index is 4.56. The summed E-state index contributed by atoms with van der Waals surface area (Å²) >= 11 is 0. The number of aromatic nitrogens is 2. The molecule has 3 heteroatoms. The maximum atomic E-state index is 4.56. The molecule has 2 rings (SSSR count). The molecule has 1 saturated carbocycles. The van der Waals surface area contributed by atoms with E-state index in [1.54, 1.807) is 0 Å². The Bertz CT molecular complexity index is 335. The molecule has 1 aliphatic carbocycles. The molecule has 0 aliphatic heterocycles. The Kier molecular flexibility index (Phi) is 3.52. The van der Waals surface area contributed by atoms with Gasteiger partial charge < -0.3 is 9.88 Å². The summed E-state index contributed by atoms with van der Waals surface area (Å²) in [6.07, 6.45) is 7.29. The zero-order chi connectivity index (χ0) is 11.5. The molecule has 1 aromatic heterocycles. The summed E-state index contributed by atoms with van der Waals surface area (Å²) in [7, 11) is 0. The molecule has 90 valence electrons. The molecular formula is C13H23N3. The van der Waals surface area contributed by atoms with Crippen LogP contribution in [-0.2, 0) is 0 Å². The van der Waals surface area contributed by atoms with Crippen molar-refractivity contribution < 1.29 is 0 Å². The number of rotatable bonds is 6. The van der Waals surface area contributed by atoms with Gasteiger partial charge in [0.05, 0.1) is 5.69 Å². The van der Waals surface area contributed by atoms with Crippen LogP contribution in [0.15, 0.2) is 6.20 Å². The third-order valence-electron chi connectivity index (χ3n) is 3.50. The van der Waals surface area contributed by atoms with Gasteiger partial charge in [-0.1, -0.05) is 26.7 Å². The molecule has 1 aliphatic rings. The smallest absolute Gasteiger partial charge is 0.203 e. The van der Waals surface area contributed by atoms with E-state index in [9.17, 15) is 0 Å². The van der Waals surface area contributed by atoms with Crippen LogP contribution in [0.5, 0.6) is 0 Å². The van der Waals surface area contributed by atoms with Crippen LogP contribution in [0.2, 0.25) is 0 Å². The molecular weight excluding hydrogens is 198 g/mol. The molecule has 0 aromatic carbocycles. The normalized spacial score (nSPS) is 15.8. The van der Waals surface area contributed by atoms with Crippen molar-refractivity contribution in [1.82, 2.24) is 9.55 Å².